The average molecular weight is 412 g/mol. The van der Waals surface area contributed by atoms with E-state index in [-0.39, 0.29) is 30.5 Å². The molecule has 1 heterocycles. The predicted octanol–water partition coefficient (Wildman–Crippen LogP) is 4.46. The molecule has 0 saturated carbocycles. The summed E-state index contributed by atoms with van der Waals surface area (Å²) >= 11 is 1.47. The molecule has 0 aliphatic rings. The van der Waals surface area contributed by atoms with Crippen molar-refractivity contribution in [2.45, 2.75) is 46.3 Å². The number of halogens is 1. The van der Waals surface area contributed by atoms with Crippen LogP contribution in [0.2, 0.25) is 0 Å². The van der Waals surface area contributed by atoms with Crippen LogP contribution in [0, 0.1) is 5.92 Å². The van der Waals surface area contributed by atoms with E-state index in [2.05, 4.69) is 18.8 Å². The van der Waals surface area contributed by atoms with Gasteiger partial charge in [-0.15, -0.1) is 23.7 Å². The van der Waals surface area contributed by atoms with Gasteiger partial charge in [0.1, 0.15) is 16.5 Å². The van der Waals surface area contributed by atoms with Crippen LogP contribution in [0.4, 0.5) is 0 Å². The summed E-state index contributed by atoms with van der Waals surface area (Å²) in [6, 6.07) is 7.89. The molecule has 1 aromatic carbocycles. The van der Waals surface area contributed by atoms with Crippen LogP contribution < -0.4 is 10.5 Å². The van der Waals surface area contributed by atoms with E-state index in [1.54, 1.807) is 11.9 Å². The maximum absolute atomic E-state index is 12.6. The fourth-order valence-electron chi connectivity index (χ4n) is 2.43. The summed E-state index contributed by atoms with van der Waals surface area (Å²) in [5.74, 6) is 1.17. The van der Waals surface area contributed by atoms with Crippen LogP contribution >= 0.6 is 23.7 Å². The molecule has 150 valence electrons. The predicted molar refractivity (Wildman–Crippen MR) is 115 cm³/mol. The Morgan fingerprint density at radius 2 is 1.85 bits per heavy atom. The summed E-state index contributed by atoms with van der Waals surface area (Å²) in [5.41, 5.74) is 7.53. The molecule has 2 aromatic rings. The Labute approximate surface area is 172 Å². The molecule has 0 radical (unpaired) electrons. The van der Waals surface area contributed by atoms with Crippen LogP contribution in [0.5, 0.6) is 5.75 Å². The molecule has 0 spiro atoms. The highest BCUT2D eigenvalue weighted by atomic mass is 35.5. The zero-order valence-electron chi connectivity index (χ0n) is 16.6. The molecule has 1 unspecified atom stereocenters. The van der Waals surface area contributed by atoms with E-state index in [1.807, 2.05) is 43.5 Å². The highest BCUT2D eigenvalue weighted by Crippen LogP contribution is 2.26. The number of benzene rings is 1. The summed E-state index contributed by atoms with van der Waals surface area (Å²) in [5, 5.41) is 2.64. The van der Waals surface area contributed by atoms with E-state index in [0.717, 1.165) is 22.7 Å². The molecular weight excluding hydrogens is 382 g/mol. The van der Waals surface area contributed by atoms with Crippen molar-refractivity contribution >= 4 is 29.7 Å². The normalized spacial score (nSPS) is 12.0. The minimum atomic E-state index is -0.0665. The first-order valence-corrected chi connectivity index (χ1v) is 9.89. The average Bonchev–Trinajstić information content (AvgIpc) is 3.08. The number of ether oxygens (including phenoxy) is 1. The smallest absolute Gasteiger partial charge is 0.273 e. The van der Waals surface area contributed by atoms with Gasteiger partial charge in [-0.05, 0) is 50.5 Å². The molecule has 2 N–H and O–H groups in total. The monoisotopic (exact) mass is 411 g/mol. The first-order valence-electron chi connectivity index (χ1n) is 9.01. The molecule has 2 rings (SSSR count). The third kappa shape index (κ3) is 6.79. The second-order valence-corrected chi connectivity index (χ2v) is 8.01. The third-order valence-electron chi connectivity index (χ3n) is 4.20. The summed E-state index contributed by atoms with van der Waals surface area (Å²) in [6.07, 6.45) is 0.929. The van der Waals surface area contributed by atoms with E-state index >= 15 is 0 Å². The maximum atomic E-state index is 12.6. The minimum Gasteiger partial charge on any atom is -0.491 e. The number of rotatable bonds is 8. The highest BCUT2D eigenvalue weighted by molar-refractivity contribution is 7.13. The van der Waals surface area contributed by atoms with Crippen molar-refractivity contribution in [1.82, 2.24) is 9.88 Å². The van der Waals surface area contributed by atoms with Crippen LogP contribution in [0.15, 0.2) is 29.6 Å². The Bertz CT molecular complexity index is 716. The molecule has 1 aromatic heterocycles. The molecule has 0 bridgehead atoms. The molecule has 27 heavy (non-hydrogen) atoms. The summed E-state index contributed by atoms with van der Waals surface area (Å²) in [6.45, 7) is 8.81. The van der Waals surface area contributed by atoms with Gasteiger partial charge in [0.15, 0.2) is 0 Å². The Kier molecular flexibility index (Phi) is 9.22. The first kappa shape index (κ1) is 23.4. The Morgan fingerprint density at radius 1 is 1.22 bits per heavy atom. The van der Waals surface area contributed by atoms with Crippen molar-refractivity contribution in [2.75, 3.05) is 13.6 Å². The van der Waals surface area contributed by atoms with Gasteiger partial charge in [0.2, 0.25) is 0 Å². The van der Waals surface area contributed by atoms with E-state index in [4.69, 9.17) is 10.5 Å². The number of nitrogens with zero attached hydrogens (tertiary/aromatic N) is 2. The van der Waals surface area contributed by atoms with E-state index in [1.165, 1.54) is 11.3 Å². The van der Waals surface area contributed by atoms with Crippen LogP contribution in [0.1, 0.15) is 44.6 Å². The molecule has 0 fully saturated rings. The minimum absolute atomic E-state index is 0. The maximum Gasteiger partial charge on any atom is 0.273 e. The highest BCUT2D eigenvalue weighted by Gasteiger charge is 2.17. The fraction of sp³-hybridized carbons (Fsp3) is 0.500. The van der Waals surface area contributed by atoms with Gasteiger partial charge >= 0.3 is 0 Å². The first-order chi connectivity index (χ1) is 12.3. The lowest BCUT2D eigenvalue weighted by Gasteiger charge is -2.20. The zero-order valence-corrected chi connectivity index (χ0v) is 18.3. The quantitative estimate of drug-likeness (QED) is 0.696. The summed E-state index contributed by atoms with van der Waals surface area (Å²) < 4.78 is 5.65. The summed E-state index contributed by atoms with van der Waals surface area (Å²) in [4.78, 5) is 18.8. The Balaban J connectivity index is 0.00000364. The van der Waals surface area contributed by atoms with Crippen molar-refractivity contribution < 1.29 is 9.53 Å². The van der Waals surface area contributed by atoms with Gasteiger partial charge in [0, 0.05) is 30.6 Å². The molecule has 5 nitrogen and oxygen atoms in total. The fourth-order valence-corrected chi connectivity index (χ4v) is 3.23. The molecule has 0 saturated heterocycles. The zero-order chi connectivity index (χ0) is 19.3. The molecule has 0 aliphatic heterocycles. The second-order valence-electron chi connectivity index (χ2n) is 7.15. The van der Waals surface area contributed by atoms with Gasteiger partial charge < -0.3 is 15.4 Å². The topological polar surface area (TPSA) is 68.5 Å². The van der Waals surface area contributed by atoms with Crippen LogP contribution in [-0.4, -0.2) is 41.5 Å². The summed E-state index contributed by atoms with van der Waals surface area (Å²) in [7, 11) is 1.80. The van der Waals surface area contributed by atoms with Gasteiger partial charge in [-0.1, -0.05) is 13.8 Å². The third-order valence-corrected chi connectivity index (χ3v) is 5.09. The van der Waals surface area contributed by atoms with Gasteiger partial charge in [-0.2, -0.15) is 0 Å². The van der Waals surface area contributed by atoms with Crippen molar-refractivity contribution in [1.29, 1.82) is 0 Å². The number of aromatic nitrogens is 1. The number of hydrogen-bond donors (Lipinski definition) is 1. The molecule has 0 aliphatic carbocycles. The van der Waals surface area contributed by atoms with Crippen molar-refractivity contribution in [3.8, 4) is 16.3 Å². The van der Waals surface area contributed by atoms with Crippen LogP contribution in [-0.2, 0) is 0 Å². The van der Waals surface area contributed by atoms with Crippen LogP contribution in [0.3, 0.4) is 0 Å². The standard InChI is InChI=1S/C20H29N3O2S.ClH/c1-13(2)17(21)10-11-23(5)20(24)18-12-26-19(22-18)15-6-8-16(9-7-15)25-14(3)4;/h6-9,12-14,17H,10-11,21H2,1-5H3;1H. The van der Waals surface area contributed by atoms with Gasteiger partial charge in [0.25, 0.3) is 5.91 Å². The lowest BCUT2D eigenvalue weighted by Crippen LogP contribution is -2.34. The van der Waals surface area contributed by atoms with Crippen LogP contribution in [0.25, 0.3) is 10.6 Å². The number of hydrogen-bond acceptors (Lipinski definition) is 5. The van der Waals surface area contributed by atoms with Crippen molar-refractivity contribution in [2.24, 2.45) is 11.7 Å². The van der Waals surface area contributed by atoms with Crippen molar-refractivity contribution in [3.05, 3.63) is 35.3 Å². The molecule has 7 heteroatoms. The van der Waals surface area contributed by atoms with E-state index in [9.17, 15) is 4.79 Å². The lowest BCUT2D eigenvalue weighted by molar-refractivity contribution is 0.0784. The van der Waals surface area contributed by atoms with E-state index in [0.29, 0.717) is 18.2 Å². The lowest BCUT2D eigenvalue weighted by atomic mass is 10.0. The molecule has 1 atom stereocenters. The SMILES string of the molecule is CC(C)Oc1ccc(-c2nc(C(=O)N(C)CCC(N)C(C)C)cs2)cc1.Cl. The molecular formula is C20H30ClN3O2S. The van der Waals surface area contributed by atoms with E-state index < -0.39 is 0 Å². The number of nitrogens with two attached hydrogens (primary N) is 1. The number of carbonyl (C=O) groups is 1. The Morgan fingerprint density at radius 3 is 2.41 bits per heavy atom. The number of carbonyl (C=O) groups excluding carboxylic acids is 1. The van der Waals surface area contributed by atoms with Gasteiger partial charge in [-0.3, -0.25) is 4.79 Å². The number of thiazole rings is 1. The second kappa shape index (κ2) is 10.6. The molecule has 1 amide bonds. The largest absolute Gasteiger partial charge is 0.491 e. The van der Waals surface area contributed by atoms with Gasteiger partial charge in [0.05, 0.1) is 6.10 Å². The van der Waals surface area contributed by atoms with Gasteiger partial charge in [-0.25, -0.2) is 4.98 Å². The van der Waals surface area contributed by atoms with Crippen molar-refractivity contribution in [3.63, 3.8) is 0 Å². The number of amides is 1. The Hall–Kier alpha value is -1.63.